The van der Waals surface area contributed by atoms with Gasteiger partial charge in [-0.2, -0.15) is 0 Å². The number of hydrogen-bond acceptors (Lipinski definition) is 2. The third-order valence-corrected chi connectivity index (χ3v) is 9.77. The van der Waals surface area contributed by atoms with E-state index in [-0.39, 0.29) is 0 Å². The van der Waals surface area contributed by atoms with E-state index in [1.54, 1.807) is 0 Å². The molecule has 0 heterocycles. The number of rotatable bonds is 16. The second-order valence-corrected chi connectivity index (χ2v) is 13.4. The van der Waals surface area contributed by atoms with Crippen LogP contribution in [0.15, 0.2) is 84.9 Å². The maximum atomic E-state index is 6.29. The average Bonchev–Trinajstić information content (AvgIpc) is 3.08. The minimum atomic E-state index is 0.617. The van der Waals surface area contributed by atoms with Gasteiger partial charge in [0.25, 0.3) is 0 Å². The van der Waals surface area contributed by atoms with Crippen LogP contribution in [0.2, 0.25) is 0 Å². The molecule has 0 aromatic heterocycles. The molecule has 2 atom stereocenters. The monoisotopic (exact) mass is 614 g/mol. The van der Waals surface area contributed by atoms with Crippen LogP contribution in [0, 0.1) is 25.7 Å². The van der Waals surface area contributed by atoms with Crippen molar-refractivity contribution in [3.05, 3.63) is 96.1 Å². The largest absolute Gasteiger partial charge is 0.493 e. The molecule has 0 fully saturated rings. The first-order valence-corrected chi connectivity index (χ1v) is 17.9. The van der Waals surface area contributed by atoms with E-state index in [1.165, 1.54) is 93.5 Å². The van der Waals surface area contributed by atoms with Crippen LogP contribution in [0.4, 0.5) is 0 Å². The van der Waals surface area contributed by atoms with Crippen molar-refractivity contribution in [2.75, 3.05) is 13.2 Å². The van der Waals surface area contributed by atoms with Crippen LogP contribution in [-0.2, 0) is 0 Å². The van der Waals surface area contributed by atoms with Gasteiger partial charge in [-0.25, -0.2) is 0 Å². The Labute approximate surface area is 278 Å². The molecule has 0 bridgehead atoms. The zero-order valence-electron chi connectivity index (χ0n) is 29.1. The molecule has 2 nitrogen and oxygen atoms in total. The molecule has 0 N–H and O–H groups in total. The summed E-state index contributed by atoms with van der Waals surface area (Å²) in [5.74, 6) is 3.14. The molecular formula is C44H54O2. The quantitative estimate of drug-likeness (QED) is 0.103. The van der Waals surface area contributed by atoms with E-state index >= 15 is 0 Å². The highest BCUT2D eigenvalue weighted by Crippen LogP contribution is 2.44. The Morgan fingerprint density at radius 3 is 1.22 bits per heavy atom. The summed E-state index contributed by atoms with van der Waals surface area (Å²) in [5, 5.41) is 5.13. The predicted octanol–water partition coefficient (Wildman–Crippen LogP) is 13.1. The van der Waals surface area contributed by atoms with Gasteiger partial charge in [-0.15, -0.1) is 0 Å². The summed E-state index contributed by atoms with van der Waals surface area (Å²) in [5.41, 5.74) is 7.55. The first kappa shape index (κ1) is 33.6. The van der Waals surface area contributed by atoms with Crippen molar-refractivity contribution in [3.8, 4) is 33.8 Å². The van der Waals surface area contributed by atoms with Crippen LogP contribution in [-0.4, -0.2) is 13.2 Å². The standard InChI is InChI=1S/C44H54O2/c1-7-11-13-33(9-3)29-45-37-21-17-35(18-22-37)43-39-25-15-32(6)28-42(39)44(40-26-16-31(5)27-41(40)43)36-19-23-38(24-20-36)46-30-34(10-4)14-12-8-2/h15-28,33-34H,7-14,29-30H2,1-6H3. The van der Waals surface area contributed by atoms with Crippen LogP contribution < -0.4 is 9.47 Å². The van der Waals surface area contributed by atoms with E-state index < -0.39 is 0 Å². The average molecular weight is 615 g/mol. The van der Waals surface area contributed by atoms with Crippen molar-refractivity contribution in [2.45, 2.75) is 92.9 Å². The third-order valence-electron chi connectivity index (χ3n) is 9.77. The Hall–Kier alpha value is -3.78. The van der Waals surface area contributed by atoms with Crippen LogP contribution in [0.3, 0.4) is 0 Å². The number of hydrogen-bond donors (Lipinski definition) is 0. The first-order chi connectivity index (χ1) is 22.4. The third kappa shape index (κ3) is 7.95. The Morgan fingerprint density at radius 2 is 0.870 bits per heavy atom. The van der Waals surface area contributed by atoms with Gasteiger partial charge in [0.05, 0.1) is 13.2 Å². The normalized spacial score (nSPS) is 12.8. The van der Waals surface area contributed by atoms with Gasteiger partial charge in [0, 0.05) is 0 Å². The molecule has 2 heteroatoms. The highest BCUT2D eigenvalue weighted by atomic mass is 16.5. The summed E-state index contributed by atoms with van der Waals surface area (Å²) in [7, 11) is 0. The lowest BCUT2D eigenvalue weighted by Gasteiger charge is -2.20. The summed E-state index contributed by atoms with van der Waals surface area (Å²) < 4.78 is 12.6. The van der Waals surface area contributed by atoms with Gasteiger partial charge in [0.2, 0.25) is 0 Å². The van der Waals surface area contributed by atoms with Crippen molar-refractivity contribution in [1.82, 2.24) is 0 Å². The lowest BCUT2D eigenvalue weighted by molar-refractivity contribution is 0.233. The minimum absolute atomic E-state index is 0.617. The van der Waals surface area contributed by atoms with Crippen molar-refractivity contribution in [3.63, 3.8) is 0 Å². The summed E-state index contributed by atoms with van der Waals surface area (Å²) in [6.07, 6.45) is 9.82. The molecule has 5 rings (SSSR count). The van der Waals surface area contributed by atoms with Crippen LogP contribution in [0.25, 0.3) is 43.8 Å². The molecule has 0 saturated heterocycles. The molecule has 0 radical (unpaired) electrons. The first-order valence-electron chi connectivity index (χ1n) is 17.9. The molecule has 0 amide bonds. The molecule has 5 aromatic rings. The zero-order chi connectivity index (χ0) is 32.5. The fourth-order valence-corrected chi connectivity index (χ4v) is 6.74. The van der Waals surface area contributed by atoms with Gasteiger partial charge < -0.3 is 9.47 Å². The Bertz CT molecular complexity index is 1570. The van der Waals surface area contributed by atoms with Crippen LogP contribution in [0.5, 0.6) is 11.5 Å². The lowest BCUT2D eigenvalue weighted by atomic mass is 9.85. The van der Waals surface area contributed by atoms with E-state index in [9.17, 15) is 0 Å². The second-order valence-electron chi connectivity index (χ2n) is 13.4. The van der Waals surface area contributed by atoms with Crippen molar-refractivity contribution >= 4 is 21.5 Å². The topological polar surface area (TPSA) is 18.5 Å². The smallest absolute Gasteiger partial charge is 0.119 e. The number of unbranched alkanes of at least 4 members (excludes halogenated alkanes) is 2. The number of ether oxygens (including phenoxy) is 2. The molecule has 0 saturated carbocycles. The van der Waals surface area contributed by atoms with E-state index in [0.29, 0.717) is 11.8 Å². The molecule has 0 aliphatic heterocycles. The van der Waals surface area contributed by atoms with E-state index in [4.69, 9.17) is 9.47 Å². The number of fused-ring (bicyclic) bond motifs is 2. The molecule has 46 heavy (non-hydrogen) atoms. The fourth-order valence-electron chi connectivity index (χ4n) is 6.74. The van der Waals surface area contributed by atoms with Gasteiger partial charge in [0.15, 0.2) is 0 Å². The van der Waals surface area contributed by atoms with Gasteiger partial charge in [0.1, 0.15) is 11.5 Å². The highest BCUT2D eigenvalue weighted by Gasteiger charge is 2.18. The molecule has 0 spiro atoms. The maximum absolute atomic E-state index is 6.29. The zero-order valence-corrected chi connectivity index (χ0v) is 29.1. The Kier molecular flexibility index (Phi) is 11.8. The van der Waals surface area contributed by atoms with Gasteiger partial charge >= 0.3 is 0 Å². The summed E-state index contributed by atoms with van der Waals surface area (Å²) >= 11 is 0. The van der Waals surface area contributed by atoms with Crippen LogP contribution in [0.1, 0.15) is 90.2 Å². The molecule has 242 valence electrons. The van der Waals surface area contributed by atoms with E-state index in [1.807, 2.05) is 0 Å². The van der Waals surface area contributed by atoms with Gasteiger partial charge in [-0.3, -0.25) is 0 Å². The van der Waals surface area contributed by atoms with Gasteiger partial charge in [-0.05, 0) is 107 Å². The highest BCUT2D eigenvalue weighted by molar-refractivity contribution is 6.21. The van der Waals surface area contributed by atoms with Crippen LogP contribution >= 0.6 is 0 Å². The molecule has 0 aliphatic carbocycles. The Morgan fingerprint density at radius 1 is 0.478 bits per heavy atom. The SMILES string of the molecule is CCCCC(CC)COc1ccc(-c2c3ccc(C)cc3c(-c3ccc(OCC(CC)CCCC)cc3)c3ccc(C)cc23)cc1. The summed E-state index contributed by atoms with van der Waals surface area (Å²) in [6.45, 7) is 15.0. The molecule has 0 aliphatic rings. The molecular weight excluding hydrogens is 560 g/mol. The fraction of sp³-hybridized carbons (Fsp3) is 0.409. The summed E-state index contributed by atoms with van der Waals surface area (Å²) in [6, 6.07) is 31.4. The minimum Gasteiger partial charge on any atom is -0.493 e. The lowest BCUT2D eigenvalue weighted by Crippen LogP contribution is -2.11. The molecule has 5 aromatic carbocycles. The summed E-state index contributed by atoms with van der Waals surface area (Å²) in [4.78, 5) is 0. The second kappa shape index (κ2) is 16.2. The predicted molar refractivity (Wildman–Crippen MR) is 199 cm³/mol. The van der Waals surface area contributed by atoms with Gasteiger partial charge in [-0.1, -0.05) is 138 Å². The van der Waals surface area contributed by atoms with Crippen molar-refractivity contribution in [2.24, 2.45) is 11.8 Å². The number of benzene rings is 5. The van der Waals surface area contributed by atoms with Crippen molar-refractivity contribution < 1.29 is 9.47 Å². The number of aryl methyl sites for hydroxylation is 2. The van der Waals surface area contributed by atoms with Crippen molar-refractivity contribution in [1.29, 1.82) is 0 Å². The Balaban J connectivity index is 1.52. The maximum Gasteiger partial charge on any atom is 0.119 e. The molecule has 2 unspecified atom stereocenters. The van der Waals surface area contributed by atoms with E-state index in [2.05, 4.69) is 126 Å². The van der Waals surface area contributed by atoms with E-state index in [0.717, 1.165) is 37.6 Å².